The van der Waals surface area contributed by atoms with Crippen LogP contribution in [0.15, 0.2) is 47.1 Å². The third-order valence-electron chi connectivity index (χ3n) is 5.57. The van der Waals surface area contributed by atoms with E-state index in [4.69, 9.17) is 18.7 Å². The van der Waals surface area contributed by atoms with E-state index in [-0.39, 0.29) is 23.5 Å². The van der Waals surface area contributed by atoms with E-state index >= 15 is 0 Å². The fourth-order valence-corrected chi connectivity index (χ4v) is 3.95. The van der Waals surface area contributed by atoms with Gasteiger partial charge < -0.3 is 23.3 Å². The molecular formula is C25H25F3N2O5. The van der Waals surface area contributed by atoms with E-state index in [1.807, 2.05) is 31.2 Å². The van der Waals surface area contributed by atoms with Crippen molar-refractivity contribution in [1.82, 2.24) is 9.72 Å². The molecule has 2 heterocycles. The van der Waals surface area contributed by atoms with Crippen molar-refractivity contribution in [2.45, 2.75) is 38.9 Å². The van der Waals surface area contributed by atoms with Gasteiger partial charge in [-0.15, -0.1) is 0 Å². The first-order chi connectivity index (χ1) is 16.8. The minimum atomic E-state index is -4.59. The van der Waals surface area contributed by atoms with Gasteiger partial charge in [-0.05, 0) is 36.8 Å². The van der Waals surface area contributed by atoms with Gasteiger partial charge in [-0.25, -0.2) is 0 Å². The summed E-state index contributed by atoms with van der Waals surface area (Å²) >= 11 is 0. The number of aromatic nitrogens is 2. The molecule has 0 aliphatic heterocycles. The summed E-state index contributed by atoms with van der Waals surface area (Å²) in [5, 5.41) is 4.05. The molecule has 0 saturated carbocycles. The average molecular weight is 490 g/mol. The Kier molecular flexibility index (Phi) is 7.18. The monoisotopic (exact) mass is 490 g/mol. The number of methoxy groups -OCH3 is 1. The lowest BCUT2D eigenvalue weighted by Gasteiger charge is -2.12. The topological polar surface area (TPSA) is 75.7 Å². The largest absolute Gasteiger partial charge is 0.493 e. The molecule has 4 rings (SSSR count). The normalized spacial score (nSPS) is 11.8. The predicted molar refractivity (Wildman–Crippen MR) is 123 cm³/mol. The van der Waals surface area contributed by atoms with Gasteiger partial charge in [0.05, 0.1) is 31.2 Å². The molecule has 0 fully saturated rings. The first-order valence-corrected chi connectivity index (χ1v) is 11.2. The average Bonchev–Trinajstić information content (AvgIpc) is 3.45. The molecule has 0 spiro atoms. The maximum atomic E-state index is 13.2. The van der Waals surface area contributed by atoms with Crippen molar-refractivity contribution in [2.24, 2.45) is 0 Å². The Hall–Kier alpha value is -3.69. The number of ether oxygens (including phenoxy) is 3. The summed E-state index contributed by atoms with van der Waals surface area (Å²) < 4.78 is 62.9. The number of rotatable bonds is 10. The molecule has 0 aliphatic carbocycles. The smallest absolute Gasteiger partial charge is 0.437 e. The molecule has 2 aromatic carbocycles. The molecule has 4 aromatic rings. The van der Waals surface area contributed by atoms with Crippen LogP contribution in [-0.2, 0) is 28.7 Å². The highest BCUT2D eigenvalue weighted by molar-refractivity contribution is 5.87. The number of hydrogen-bond acceptors (Lipinski definition) is 6. The molecule has 0 bridgehead atoms. The molecule has 0 N–H and O–H groups in total. The lowest BCUT2D eigenvalue weighted by Crippen LogP contribution is -2.10. The van der Waals surface area contributed by atoms with Crippen LogP contribution in [-0.4, -0.2) is 36.0 Å². The molecule has 35 heavy (non-hydrogen) atoms. The Morgan fingerprint density at radius 1 is 1.06 bits per heavy atom. The summed E-state index contributed by atoms with van der Waals surface area (Å²) in [6, 6.07) is 10.3. The van der Waals surface area contributed by atoms with Crippen molar-refractivity contribution in [3.63, 3.8) is 0 Å². The number of carbonyl (C=O) groups is 1. The first-order valence-electron chi connectivity index (χ1n) is 11.2. The number of benzene rings is 2. The van der Waals surface area contributed by atoms with Crippen molar-refractivity contribution in [2.75, 3.05) is 20.3 Å². The first kappa shape index (κ1) is 24.4. The number of alkyl halides is 3. The highest BCUT2D eigenvalue weighted by Gasteiger charge is 2.37. The molecule has 186 valence electrons. The van der Waals surface area contributed by atoms with Gasteiger partial charge in [0, 0.05) is 23.6 Å². The van der Waals surface area contributed by atoms with E-state index in [2.05, 4.69) is 5.16 Å². The summed E-state index contributed by atoms with van der Waals surface area (Å²) in [5.74, 6) is 0.818. The Morgan fingerprint density at radius 3 is 2.54 bits per heavy atom. The summed E-state index contributed by atoms with van der Waals surface area (Å²) in [5.41, 5.74) is 0.507. The van der Waals surface area contributed by atoms with E-state index in [0.717, 1.165) is 10.9 Å². The fraction of sp³-hybridized carbons (Fsp3) is 0.360. The number of carbonyl (C=O) groups excluding carboxylic acids is 1. The molecular weight excluding hydrogens is 465 g/mol. The molecule has 7 nitrogen and oxygen atoms in total. The van der Waals surface area contributed by atoms with Gasteiger partial charge in [0.25, 0.3) is 0 Å². The molecule has 0 atom stereocenters. The van der Waals surface area contributed by atoms with Crippen LogP contribution in [0.2, 0.25) is 0 Å². The molecule has 0 amide bonds. The van der Waals surface area contributed by atoms with Crippen LogP contribution in [0.3, 0.4) is 0 Å². The number of aryl methyl sites for hydroxylation is 1. The molecule has 0 aliphatic rings. The van der Waals surface area contributed by atoms with Crippen molar-refractivity contribution in [3.05, 3.63) is 53.9 Å². The van der Waals surface area contributed by atoms with E-state index in [9.17, 15) is 18.0 Å². The molecule has 0 saturated heterocycles. The highest BCUT2D eigenvalue weighted by Crippen LogP contribution is 2.38. The summed E-state index contributed by atoms with van der Waals surface area (Å²) in [6.07, 6.45) is -1.03. The fourth-order valence-electron chi connectivity index (χ4n) is 3.95. The number of nitrogens with zero attached hydrogens (tertiary/aromatic N) is 2. The highest BCUT2D eigenvalue weighted by atomic mass is 19.4. The lowest BCUT2D eigenvalue weighted by molar-refractivity contribution is -0.142. The van der Waals surface area contributed by atoms with Crippen LogP contribution in [0.4, 0.5) is 13.2 Å². The second-order valence-electron chi connectivity index (χ2n) is 7.96. The zero-order valence-corrected chi connectivity index (χ0v) is 19.4. The SMILES string of the molecule is CCCc1c(OCCCOc2cccc3c2ccn3CC(=O)OC)ccc2c(C(F)(F)F)noc12. The zero-order chi connectivity index (χ0) is 25.0. The Balaban J connectivity index is 1.39. The summed E-state index contributed by atoms with van der Waals surface area (Å²) in [7, 11) is 1.35. The number of esters is 1. The van der Waals surface area contributed by atoms with Gasteiger partial charge in [-0.3, -0.25) is 4.79 Å². The Bertz CT molecular complexity index is 1330. The Morgan fingerprint density at radius 2 is 1.83 bits per heavy atom. The van der Waals surface area contributed by atoms with Gasteiger partial charge in [-0.1, -0.05) is 24.6 Å². The zero-order valence-electron chi connectivity index (χ0n) is 19.4. The van der Waals surface area contributed by atoms with Gasteiger partial charge >= 0.3 is 12.1 Å². The van der Waals surface area contributed by atoms with E-state index in [0.29, 0.717) is 49.5 Å². The third-order valence-corrected chi connectivity index (χ3v) is 5.57. The van der Waals surface area contributed by atoms with Gasteiger partial charge in [0.15, 0.2) is 11.3 Å². The molecule has 2 aromatic heterocycles. The van der Waals surface area contributed by atoms with Gasteiger partial charge in [0.1, 0.15) is 18.0 Å². The van der Waals surface area contributed by atoms with Crippen molar-refractivity contribution in [3.8, 4) is 11.5 Å². The maximum absolute atomic E-state index is 13.2. The van der Waals surface area contributed by atoms with Crippen molar-refractivity contribution < 1.29 is 36.7 Å². The Labute approximate surface area is 199 Å². The number of fused-ring (bicyclic) bond motifs is 2. The van der Waals surface area contributed by atoms with Crippen molar-refractivity contribution in [1.29, 1.82) is 0 Å². The van der Waals surface area contributed by atoms with Crippen LogP contribution in [0.1, 0.15) is 31.0 Å². The van der Waals surface area contributed by atoms with Crippen LogP contribution in [0.5, 0.6) is 11.5 Å². The van der Waals surface area contributed by atoms with Gasteiger partial charge in [-0.2, -0.15) is 13.2 Å². The minimum absolute atomic E-state index is 0.0659. The third kappa shape index (κ3) is 5.21. The summed E-state index contributed by atoms with van der Waals surface area (Å²) in [4.78, 5) is 11.6. The van der Waals surface area contributed by atoms with Crippen LogP contribution in [0.25, 0.3) is 21.9 Å². The molecule has 10 heteroatoms. The van der Waals surface area contributed by atoms with E-state index < -0.39 is 11.9 Å². The summed E-state index contributed by atoms with van der Waals surface area (Å²) in [6.45, 7) is 2.71. The minimum Gasteiger partial charge on any atom is -0.493 e. The number of halogens is 3. The molecule has 0 unspecified atom stereocenters. The predicted octanol–water partition coefficient (Wildman–Crippen LogP) is 5.77. The van der Waals surface area contributed by atoms with Crippen LogP contribution < -0.4 is 9.47 Å². The second kappa shape index (κ2) is 10.3. The number of hydrogen-bond donors (Lipinski definition) is 0. The van der Waals surface area contributed by atoms with Gasteiger partial charge in [0.2, 0.25) is 0 Å². The van der Waals surface area contributed by atoms with Crippen LogP contribution >= 0.6 is 0 Å². The second-order valence-corrected chi connectivity index (χ2v) is 7.96. The quantitative estimate of drug-likeness (QED) is 0.207. The lowest BCUT2D eigenvalue weighted by atomic mass is 10.0. The maximum Gasteiger partial charge on any atom is 0.437 e. The van der Waals surface area contributed by atoms with E-state index in [1.54, 1.807) is 10.8 Å². The van der Waals surface area contributed by atoms with Crippen molar-refractivity contribution >= 4 is 27.8 Å². The standard InChI is InChI=1S/C25H25F3N2O5/c1-3-6-17-21(10-9-18-23(17)35-29-24(18)25(26,27)28)34-14-5-13-33-20-8-4-7-19-16(20)11-12-30(19)15-22(31)32-2/h4,7-12H,3,5-6,13-15H2,1-2H3. The van der Waals surface area contributed by atoms with E-state index in [1.165, 1.54) is 19.2 Å². The molecule has 0 radical (unpaired) electrons. The van der Waals surface area contributed by atoms with Crippen LogP contribution in [0, 0.1) is 0 Å².